The number of quaternary nitrogens is 1. The molecule has 6 aromatic rings. The highest BCUT2D eigenvalue weighted by Gasteiger charge is 2.36. The first-order valence-electron chi connectivity index (χ1n) is 16.2. The minimum absolute atomic E-state index is 0.0717. The second kappa shape index (κ2) is 12.8. The first-order valence-corrected chi connectivity index (χ1v) is 16.2. The zero-order valence-electron chi connectivity index (χ0n) is 26.5. The Labute approximate surface area is 269 Å². The molecule has 7 rings (SSSR count). The van der Waals surface area contributed by atoms with Crippen LogP contribution >= 0.6 is 0 Å². The third-order valence-corrected chi connectivity index (χ3v) is 9.10. The van der Waals surface area contributed by atoms with Crippen LogP contribution in [0.15, 0.2) is 126 Å². The van der Waals surface area contributed by atoms with E-state index in [9.17, 15) is 4.79 Å². The molecule has 0 N–H and O–H groups in total. The van der Waals surface area contributed by atoms with Gasteiger partial charge in [-0.15, -0.1) is 0 Å². The van der Waals surface area contributed by atoms with Gasteiger partial charge in [-0.2, -0.15) is 10.2 Å². The fraction of sp³-hybridized carbons (Fsp3) is 0.256. The number of likely N-dealkylation sites (tertiary alicyclic amines) is 1. The van der Waals surface area contributed by atoms with Crippen LogP contribution in [0.3, 0.4) is 0 Å². The van der Waals surface area contributed by atoms with Crippen molar-refractivity contribution in [1.82, 2.24) is 19.4 Å². The van der Waals surface area contributed by atoms with E-state index in [0.717, 1.165) is 71.6 Å². The third-order valence-electron chi connectivity index (χ3n) is 9.10. The molecule has 0 spiro atoms. The molecule has 7 heteroatoms. The summed E-state index contributed by atoms with van der Waals surface area (Å²) in [6.07, 6.45) is 3.93. The standard InChI is InChI=1S/C39H40N5O2/c1-29(2)43-36(45)21-20-34(40-43)37-38(32-17-10-5-11-18-32)41-42-24-12-19-35(39(37)42)46-33-22-25-44(26-23-33,27-30-13-6-3-7-14-30)28-31-15-8-4-9-16-31/h3-21,24,29,33H,22-23,25-28H2,1-2H3/q+1. The van der Waals surface area contributed by atoms with Crippen LogP contribution in [0.5, 0.6) is 5.75 Å². The number of ether oxygens (including phenoxy) is 1. The Hall–Kier alpha value is -5.01. The van der Waals surface area contributed by atoms with Gasteiger partial charge in [0.05, 0.1) is 30.4 Å². The van der Waals surface area contributed by atoms with Gasteiger partial charge in [0.1, 0.15) is 36.2 Å². The smallest absolute Gasteiger partial charge is 0.267 e. The minimum atomic E-state index is -0.122. The lowest BCUT2D eigenvalue weighted by Crippen LogP contribution is -2.53. The summed E-state index contributed by atoms with van der Waals surface area (Å²) in [5.74, 6) is 0.785. The Morgan fingerprint density at radius 2 is 1.37 bits per heavy atom. The lowest BCUT2D eigenvalue weighted by atomic mass is 10.0. The van der Waals surface area contributed by atoms with Gasteiger partial charge >= 0.3 is 0 Å². The number of nitrogens with zero attached hydrogens (tertiary/aromatic N) is 5. The maximum Gasteiger partial charge on any atom is 0.267 e. The van der Waals surface area contributed by atoms with Crippen molar-refractivity contribution in [3.8, 4) is 28.3 Å². The number of fused-ring (bicyclic) bond motifs is 1. The molecule has 7 nitrogen and oxygen atoms in total. The second-order valence-corrected chi connectivity index (χ2v) is 12.7. The number of piperidine rings is 1. The van der Waals surface area contributed by atoms with Gasteiger partial charge in [0.15, 0.2) is 0 Å². The SMILES string of the molecule is CC(C)n1nc(-c2c(-c3ccccc3)nn3cccc(OC4CC[N+](Cc5ccccc5)(Cc5ccccc5)CC4)c23)ccc1=O. The molecule has 1 aliphatic rings. The first kappa shape index (κ1) is 29.7. The second-order valence-electron chi connectivity index (χ2n) is 12.7. The zero-order valence-corrected chi connectivity index (χ0v) is 26.5. The number of benzene rings is 3. The zero-order chi connectivity index (χ0) is 31.5. The molecule has 46 heavy (non-hydrogen) atoms. The van der Waals surface area contributed by atoms with Gasteiger partial charge in [-0.05, 0) is 32.0 Å². The van der Waals surface area contributed by atoms with Crippen molar-refractivity contribution >= 4 is 5.52 Å². The van der Waals surface area contributed by atoms with Crippen LogP contribution in [-0.4, -0.2) is 43.1 Å². The molecule has 0 bridgehead atoms. The summed E-state index contributed by atoms with van der Waals surface area (Å²) in [4.78, 5) is 12.7. The average molecular weight is 611 g/mol. The number of hydrogen-bond donors (Lipinski definition) is 0. The molecule has 3 aromatic carbocycles. The quantitative estimate of drug-likeness (QED) is 0.159. The van der Waals surface area contributed by atoms with Crippen LogP contribution < -0.4 is 10.3 Å². The predicted octanol–water partition coefficient (Wildman–Crippen LogP) is 7.56. The molecule has 232 valence electrons. The van der Waals surface area contributed by atoms with Crippen molar-refractivity contribution in [3.63, 3.8) is 0 Å². The average Bonchev–Trinajstić information content (AvgIpc) is 3.48. The Bertz CT molecular complexity index is 1930. The Morgan fingerprint density at radius 1 is 0.761 bits per heavy atom. The molecule has 0 aliphatic carbocycles. The largest absolute Gasteiger partial charge is 0.488 e. The normalized spacial score (nSPS) is 14.9. The van der Waals surface area contributed by atoms with Crippen molar-refractivity contribution in [2.75, 3.05) is 13.1 Å². The Morgan fingerprint density at radius 3 is 1.98 bits per heavy atom. The van der Waals surface area contributed by atoms with Crippen molar-refractivity contribution in [3.05, 3.63) is 143 Å². The lowest BCUT2D eigenvalue weighted by Gasteiger charge is -2.44. The van der Waals surface area contributed by atoms with Crippen molar-refractivity contribution in [1.29, 1.82) is 0 Å². The van der Waals surface area contributed by atoms with E-state index in [-0.39, 0.29) is 17.7 Å². The summed E-state index contributed by atoms with van der Waals surface area (Å²) >= 11 is 0. The summed E-state index contributed by atoms with van der Waals surface area (Å²) in [6, 6.07) is 39.2. The highest BCUT2D eigenvalue weighted by molar-refractivity contribution is 5.93. The van der Waals surface area contributed by atoms with Gasteiger partial charge in [-0.25, -0.2) is 9.20 Å². The number of rotatable bonds is 9. The molecule has 1 saturated heterocycles. The molecule has 0 amide bonds. The maximum atomic E-state index is 12.7. The lowest BCUT2D eigenvalue weighted by molar-refractivity contribution is -0.958. The topological polar surface area (TPSA) is 61.4 Å². The van der Waals surface area contributed by atoms with E-state index in [0.29, 0.717) is 5.69 Å². The minimum Gasteiger partial charge on any atom is -0.488 e. The van der Waals surface area contributed by atoms with E-state index < -0.39 is 0 Å². The number of hydrogen-bond acceptors (Lipinski definition) is 4. The molecule has 4 heterocycles. The summed E-state index contributed by atoms with van der Waals surface area (Å²) < 4.78 is 11.3. The molecular formula is C39H40N5O2+. The predicted molar refractivity (Wildman–Crippen MR) is 182 cm³/mol. The van der Waals surface area contributed by atoms with Crippen molar-refractivity contribution in [2.24, 2.45) is 0 Å². The van der Waals surface area contributed by atoms with Crippen LogP contribution in [0.1, 0.15) is 43.9 Å². The molecule has 3 aromatic heterocycles. The van der Waals surface area contributed by atoms with Crippen LogP contribution in [0, 0.1) is 0 Å². The summed E-state index contributed by atoms with van der Waals surface area (Å²) in [7, 11) is 0. The van der Waals surface area contributed by atoms with Gasteiger partial charge < -0.3 is 9.22 Å². The van der Waals surface area contributed by atoms with E-state index in [2.05, 4.69) is 72.8 Å². The van der Waals surface area contributed by atoms with Gasteiger partial charge in [0.25, 0.3) is 5.56 Å². The van der Waals surface area contributed by atoms with E-state index in [4.69, 9.17) is 14.9 Å². The highest BCUT2D eigenvalue weighted by Crippen LogP contribution is 2.39. The first-order chi connectivity index (χ1) is 22.5. The number of aromatic nitrogens is 4. The van der Waals surface area contributed by atoms with Crippen LogP contribution in [0.2, 0.25) is 0 Å². The molecule has 0 radical (unpaired) electrons. The fourth-order valence-corrected chi connectivity index (χ4v) is 6.84. The van der Waals surface area contributed by atoms with E-state index in [1.54, 1.807) is 12.1 Å². The van der Waals surface area contributed by atoms with Crippen LogP contribution in [-0.2, 0) is 13.1 Å². The number of pyridine rings is 1. The summed E-state index contributed by atoms with van der Waals surface area (Å²) in [5, 5.41) is 9.86. The molecule has 1 aliphatic heterocycles. The third kappa shape index (κ3) is 6.11. The Balaban J connectivity index is 1.23. The molecule has 0 atom stereocenters. The molecule has 0 saturated carbocycles. The van der Waals surface area contributed by atoms with Gasteiger partial charge in [-0.3, -0.25) is 4.79 Å². The molecular weight excluding hydrogens is 570 g/mol. The van der Waals surface area contributed by atoms with Gasteiger partial charge in [0.2, 0.25) is 0 Å². The fourth-order valence-electron chi connectivity index (χ4n) is 6.84. The monoisotopic (exact) mass is 610 g/mol. The maximum absolute atomic E-state index is 12.7. The van der Waals surface area contributed by atoms with Crippen LogP contribution in [0.25, 0.3) is 28.0 Å². The highest BCUT2D eigenvalue weighted by atomic mass is 16.5. The Kier molecular flexibility index (Phi) is 8.24. The van der Waals surface area contributed by atoms with Crippen molar-refractivity contribution < 1.29 is 9.22 Å². The molecule has 0 unspecified atom stereocenters. The summed E-state index contributed by atoms with van der Waals surface area (Å²) in [6.45, 7) is 8.00. The van der Waals surface area contributed by atoms with Crippen molar-refractivity contribution in [2.45, 2.75) is 51.9 Å². The van der Waals surface area contributed by atoms with E-state index in [1.165, 1.54) is 15.8 Å². The molecule has 1 fully saturated rings. The van der Waals surface area contributed by atoms with Crippen LogP contribution in [0.4, 0.5) is 0 Å². The van der Waals surface area contributed by atoms with Gasteiger partial charge in [0, 0.05) is 41.8 Å². The van der Waals surface area contributed by atoms with E-state index in [1.807, 2.05) is 54.9 Å². The van der Waals surface area contributed by atoms with Gasteiger partial charge in [-0.1, -0.05) is 91.0 Å². The van der Waals surface area contributed by atoms with E-state index >= 15 is 0 Å². The summed E-state index contributed by atoms with van der Waals surface area (Å²) in [5.41, 5.74) is 6.84.